The van der Waals surface area contributed by atoms with Crippen LogP contribution in [0.25, 0.3) is 0 Å². The molecular formula is C11H11N3O3. The second-order valence-corrected chi connectivity index (χ2v) is 3.32. The lowest BCUT2D eigenvalue weighted by atomic mass is 10.1. The Hall–Kier alpha value is -2.50. The fraction of sp³-hybridized carbons (Fsp3) is 0.0909. The van der Waals surface area contributed by atoms with E-state index >= 15 is 0 Å². The van der Waals surface area contributed by atoms with Crippen molar-refractivity contribution in [1.82, 2.24) is 5.16 Å². The number of methoxy groups -OCH3 is 1. The van der Waals surface area contributed by atoms with E-state index in [2.05, 4.69) is 15.0 Å². The van der Waals surface area contributed by atoms with E-state index < -0.39 is 0 Å². The van der Waals surface area contributed by atoms with Gasteiger partial charge in [0.15, 0.2) is 0 Å². The van der Waals surface area contributed by atoms with Crippen LogP contribution in [0.4, 0.5) is 11.4 Å². The highest BCUT2D eigenvalue weighted by molar-refractivity contribution is 6.04. The molecule has 0 aliphatic heterocycles. The molecule has 1 aromatic heterocycles. The van der Waals surface area contributed by atoms with Gasteiger partial charge in [0.2, 0.25) is 0 Å². The molecule has 1 heterocycles. The second kappa shape index (κ2) is 4.56. The lowest BCUT2D eigenvalue weighted by Gasteiger charge is -2.06. The minimum atomic E-state index is -0.289. The predicted octanol–water partition coefficient (Wildman–Crippen LogP) is 1.52. The number of nitrogen functional groups attached to an aromatic ring is 1. The Morgan fingerprint density at radius 1 is 1.53 bits per heavy atom. The number of ether oxygens (including phenoxy) is 1. The molecule has 1 amide bonds. The summed E-state index contributed by atoms with van der Waals surface area (Å²) >= 11 is 0. The fourth-order valence-corrected chi connectivity index (χ4v) is 1.35. The number of hydrogen-bond acceptors (Lipinski definition) is 5. The van der Waals surface area contributed by atoms with Crippen LogP contribution >= 0.6 is 0 Å². The standard InChI is InChI=1S/C11H11N3O3/c1-16-10-3-2-7(4-9(10)12)11(15)14-8-5-13-17-6-8/h2-6H,12H2,1H3,(H,14,15). The third kappa shape index (κ3) is 2.36. The van der Waals surface area contributed by atoms with Gasteiger partial charge in [-0.05, 0) is 18.2 Å². The maximum atomic E-state index is 11.8. The number of hydrogen-bond donors (Lipinski definition) is 2. The first-order valence-electron chi connectivity index (χ1n) is 4.85. The highest BCUT2D eigenvalue weighted by atomic mass is 16.5. The van der Waals surface area contributed by atoms with Crippen LogP contribution in [0.3, 0.4) is 0 Å². The second-order valence-electron chi connectivity index (χ2n) is 3.32. The quantitative estimate of drug-likeness (QED) is 0.784. The van der Waals surface area contributed by atoms with Crippen molar-refractivity contribution in [3.63, 3.8) is 0 Å². The van der Waals surface area contributed by atoms with E-state index in [-0.39, 0.29) is 5.91 Å². The lowest BCUT2D eigenvalue weighted by molar-refractivity contribution is 0.102. The van der Waals surface area contributed by atoms with Gasteiger partial charge >= 0.3 is 0 Å². The molecule has 0 aliphatic carbocycles. The number of nitrogens with zero attached hydrogens (tertiary/aromatic N) is 1. The highest BCUT2D eigenvalue weighted by Gasteiger charge is 2.09. The monoisotopic (exact) mass is 233 g/mol. The molecule has 0 radical (unpaired) electrons. The zero-order valence-corrected chi connectivity index (χ0v) is 9.14. The van der Waals surface area contributed by atoms with Gasteiger partial charge in [0, 0.05) is 5.56 Å². The van der Waals surface area contributed by atoms with Crippen LogP contribution in [0.1, 0.15) is 10.4 Å². The molecule has 88 valence electrons. The molecule has 0 atom stereocenters. The highest BCUT2D eigenvalue weighted by Crippen LogP contribution is 2.22. The van der Waals surface area contributed by atoms with Gasteiger partial charge in [0.05, 0.1) is 19.0 Å². The molecule has 0 fully saturated rings. The van der Waals surface area contributed by atoms with Gasteiger partial charge in [0.25, 0.3) is 5.91 Å². The minimum absolute atomic E-state index is 0.289. The summed E-state index contributed by atoms with van der Waals surface area (Å²) in [6.45, 7) is 0. The molecular weight excluding hydrogens is 222 g/mol. The van der Waals surface area contributed by atoms with E-state index in [1.54, 1.807) is 18.2 Å². The van der Waals surface area contributed by atoms with E-state index in [1.807, 2.05) is 0 Å². The Morgan fingerprint density at radius 3 is 2.94 bits per heavy atom. The molecule has 2 rings (SSSR count). The van der Waals surface area contributed by atoms with E-state index in [0.717, 1.165) is 0 Å². The summed E-state index contributed by atoms with van der Waals surface area (Å²) in [5.74, 6) is 0.245. The zero-order chi connectivity index (χ0) is 12.3. The smallest absolute Gasteiger partial charge is 0.255 e. The number of rotatable bonds is 3. The predicted molar refractivity (Wildman–Crippen MR) is 61.9 cm³/mol. The molecule has 6 nitrogen and oxygen atoms in total. The van der Waals surface area contributed by atoms with Crippen LogP contribution in [0.2, 0.25) is 0 Å². The maximum Gasteiger partial charge on any atom is 0.255 e. The van der Waals surface area contributed by atoms with Crippen LogP contribution < -0.4 is 15.8 Å². The van der Waals surface area contributed by atoms with Crippen molar-refractivity contribution in [3.8, 4) is 5.75 Å². The Labute approximate surface area is 97.3 Å². The summed E-state index contributed by atoms with van der Waals surface area (Å²) in [6.07, 6.45) is 2.75. The van der Waals surface area contributed by atoms with Gasteiger partial charge < -0.3 is 20.3 Å². The SMILES string of the molecule is COc1ccc(C(=O)Nc2cnoc2)cc1N. The number of aromatic nitrogens is 1. The summed E-state index contributed by atoms with van der Waals surface area (Å²) in [6, 6.07) is 4.80. The molecule has 0 saturated carbocycles. The van der Waals surface area contributed by atoms with Crippen molar-refractivity contribution in [3.05, 3.63) is 36.2 Å². The van der Waals surface area contributed by atoms with Gasteiger partial charge in [-0.2, -0.15) is 0 Å². The van der Waals surface area contributed by atoms with Gasteiger partial charge in [-0.15, -0.1) is 0 Å². The third-order valence-corrected chi connectivity index (χ3v) is 2.18. The van der Waals surface area contributed by atoms with Gasteiger partial charge in [-0.25, -0.2) is 0 Å². The van der Waals surface area contributed by atoms with E-state index in [9.17, 15) is 4.79 Å². The first kappa shape index (κ1) is 11.0. The molecule has 0 spiro atoms. The average molecular weight is 233 g/mol. The van der Waals surface area contributed by atoms with Crippen LogP contribution in [-0.2, 0) is 0 Å². The van der Waals surface area contributed by atoms with Crippen molar-refractivity contribution < 1.29 is 14.1 Å². The van der Waals surface area contributed by atoms with E-state index in [0.29, 0.717) is 22.7 Å². The van der Waals surface area contributed by atoms with Gasteiger partial charge in [-0.3, -0.25) is 4.79 Å². The van der Waals surface area contributed by atoms with Gasteiger partial charge in [0.1, 0.15) is 17.7 Å². The Morgan fingerprint density at radius 2 is 2.35 bits per heavy atom. The van der Waals surface area contributed by atoms with E-state index in [1.165, 1.54) is 19.6 Å². The van der Waals surface area contributed by atoms with Crippen molar-refractivity contribution in [1.29, 1.82) is 0 Å². The largest absolute Gasteiger partial charge is 0.495 e. The zero-order valence-electron chi connectivity index (χ0n) is 9.14. The topological polar surface area (TPSA) is 90.4 Å². The number of carbonyl (C=O) groups excluding carboxylic acids is 1. The fourth-order valence-electron chi connectivity index (χ4n) is 1.35. The first-order valence-corrected chi connectivity index (χ1v) is 4.85. The Bertz CT molecular complexity index is 523. The average Bonchev–Trinajstić information content (AvgIpc) is 2.81. The van der Waals surface area contributed by atoms with E-state index in [4.69, 9.17) is 10.5 Å². The number of carbonyl (C=O) groups is 1. The molecule has 2 aromatic rings. The summed E-state index contributed by atoms with van der Waals surface area (Å²) < 4.78 is 9.61. The van der Waals surface area contributed by atoms with Gasteiger partial charge in [-0.1, -0.05) is 5.16 Å². The lowest BCUT2D eigenvalue weighted by Crippen LogP contribution is -2.11. The summed E-state index contributed by atoms with van der Waals surface area (Å²) in [4.78, 5) is 11.8. The minimum Gasteiger partial charge on any atom is -0.495 e. The summed E-state index contributed by atoms with van der Waals surface area (Å²) in [7, 11) is 1.52. The Balaban J connectivity index is 2.17. The first-order chi connectivity index (χ1) is 8.20. The molecule has 1 aromatic carbocycles. The van der Waals surface area contributed by atoms with Crippen LogP contribution in [0.15, 0.2) is 35.2 Å². The van der Waals surface area contributed by atoms with Crippen molar-refractivity contribution in [2.24, 2.45) is 0 Å². The molecule has 0 aliphatic rings. The summed E-state index contributed by atoms with van der Waals surface area (Å²) in [5.41, 5.74) is 7.04. The van der Waals surface area contributed by atoms with Crippen LogP contribution in [0, 0.1) is 0 Å². The summed E-state index contributed by atoms with van der Waals surface area (Å²) in [5, 5.41) is 6.09. The van der Waals surface area contributed by atoms with Crippen molar-refractivity contribution >= 4 is 17.3 Å². The third-order valence-electron chi connectivity index (χ3n) is 2.18. The molecule has 0 bridgehead atoms. The number of anilines is 2. The molecule has 0 unspecified atom stereocenters. The molecule has 6 heteroatoms. The van der Waals surface area contributed by atoms with Crippen LogP contribution in [-0.4, -0.2) is 18.2 Å². The Kier molecular flexibility index (Phi) is 2.95. The van der Waals surface area contributed by atoms with Crippen molar-refractivity contribution in [2.75, 3.05) is 18.2 Å². The number of nitrogens with one attached hydrogen (secondary N) is 1. The molecule has 3 N–H and O–H groups in total. The number of nitrogens with two attached hydrogens (primary N) is 1. The molecule has 17 heavy (non-hydrogen) atoms. The van der Waals surface area contributed by atoms with Crippen molar-refractivity contribution in [2.45, 2.75) is 0 Å². The number of amides is 1. The molecule has 0 saturated heterocycles. The number of benzene rings is 1. The normalized spacial score (nSPS) is 9.94. The maximum absolute atomic E-state index is 11.8. The van der Waals surface area contributed by atoms with Crippen LogP contribution in [0.5, 0.6) is 5.75 Å².